The lowest BCUT2D eigenvalue weighted by Crippen LogP contribution is -2.45. The van der Waals surface area contributed by atoms with Crippen molar-refractivity contribution in [1.29, 1.82) is 0 Å². The van der Waals surface area contributed by atoms with Crippen LogP contribution in [0.15, 0.2) is 4.99 Å². The average Bonchev–Trinajstić information content (AvgIpc) is 3.04. The van der Waals surface area contributed by atoms with Gasteiger partial charge >= 0.3 is 5.97 Å². The fraction of sp³-hybridized carbons (Fsp3) is 0.889. The van der Waals surface area contributed by atoms with Crippen molar-refractivity contribution in [3.63, 3.8) is 0 Å². The minimum Gasteiger partial charge on any atom is -0.466 e. The number of carbonyl (C=O) groups is 1. The van der Waals surface area contributed by atoms with Crippen LogP contribution in [0.4, 0.5) is 0 Å². The van der Waals surface area contributed by atoms with Gasteiger partial charge in [-0.15, -0.1) is 0 Å². The summed E-state index contributed by atoms with van der Waals surface area (Å²) in [7, 11) is 1.82. The molecule has 0 aliphatic carbocycles. The maximum Gasteiger partial charge on any atom is 0.305 e. The van der Waals surface area contributed by atoms with Gasteiger partial charge < -0.3 is 15.4 Å². The van der Waals surface area contributed by atoms with Crippen LogP contribution in [-0.4, -0.2) is 62.7 Å². The molecular formula is C18H36N4O2. The zero-order chi connectivity index (χ0) is 17.6. The molecule has 2 N–H and O–H groups in total. The third-order valence-electron chi connectivity index (χ3n) is 4.54. The summed E-state index contributed by atoms with van der Waals surface area (Å²) in [4.78, 5) is 18.0. The molecule has 0 aromatic rings. The summed E-state index contributed by atoms with van der Waals surface area (Å²) in [5.41, 5.74) is 0. The average molecular weight is 341 g/mol. The first-order chi connectivity index (χ1) is 11.7. The maximum atomic E-state index is 11.2. The fourth-order valence-corrected chi connectivity index (χ4v) is 3.17. The number of likely N-dealkylation sites (tertiary alicyclic amines) is 1. The Morgan fingerprint density at radius 3 is 2.71 bits per heavy atom. The van der Waals surface area contributed by atoms with Crippen LogP contribution in [0.5, 0.6) is 0 Å². The van der Waals surface area contributed by atoms with Crippen LogP contribution in [0.3, 0.4) is 0 Å². The molecule has 1 aliphatic heterocycles. The number of esters is 1. The van der Waals surface area contributed by atoms with E-state index in [1.165, 1.54) is 19.4 Å². The number of ether oxygens (including phenoxy) is 1. The number of guanidine groups is 1. The van der Waals surface area contributed by atoms with Gasteiger partial charge in [0.1, 0.15) is 0 Å². The molecule has 1 unspecified atom stereocenters. The third-order valence-corrected chi connectivity index (χ3v) is 4.54. The van der Waals surface area contributed by atoms with Crippen LogP contribution >= 0.6 is 0 Å². The number of unbranched alkanes of at least 4 members (excludes halogenated alkanes) is 3. The fourth-order valence-electron chi connectivity index (χ4n) is 3.17. The molecule has 1 fully saturated rings. The lowest BCUT2D eigenvalue weighted by molar-refractivity contribution is -0.143. The van der Waals surface area contributed by atoms with Gasteiger partial charge in [0, 0.05) is 32.6 Å². The van der Waals surface area contributed by atoms with Gasteiger partial charge in [0.2, 0.25) is 0 Å². The summed E-state index contributed by atoms with van der Waals surface area (Å²) in [6.07, 6.45) is 7.32. The van der Waals surface area contributed by atoms with Crippen LogP contribution in [0, 0.1) is 0 Å². The lowest BCUT2D eigenvalue weighted by Gasteiger charge is -2.23. The smallest absolute Gasteiger partial charge is 0.305 e. The van der Waals surface area contributed by atoms with E-state index in [2.05, 4.69) is 27.4 Å². The number of hydrogen-bond donors (Lipinski definition) is 2. The molecule has 0 saturated carbocycles. The Kier molecular flexibility index (Phi) is 11.3. The summed E-state index contributed by atoms with van der Waals surface area (Å²) in [6, 6.07) is 0.636. The quantitative estimate of drug-likeness (QED) is 0.261. The van der Waals surface area contributed by atoms with Crippen molar-refractivity contribution < 1.29 is 9.53 Å². The first kappa shape index (κ1) is 20.7. The highest BCUT2D eigenvalue weighted by Crippen LogP contribution is 2.15. The Morgan fingerprint density at radius 1 is 1.21 bits per heavy atom. The number of nitrogens with zero attached hydrogens (tertiary/aromatic N) is 2. The first-order valence-electron chi connectivity index (χ1n) is 9.55. The van der Waals surface area contributed by atoms with Crippen molar-refractivity contribution in [1.82, 2.24) is 15.5 Å². The van der Waals surface area contributed by atoms with Gasteiger partial charge in [-0.1, -0.05) is 19.8 Å². The molecule has 1 atom stereocenters. The summed E-state index contributed by atoms with van der Waals surface area (Å²) in [5, 5.41) is 6.82. The van der Waals surface area contributed by atoms with E-state index in [0.717, 1.165) is 51.3 Å². The molecule has 0 amide bonds. The van der Waals surface area contributed by atoms with Gasteiger partial charge in [0.05, 0.1) is 6.61 Å². The van der Waals surface area contributed by atoms with Crippen molar-refractivity contribution in [3.05, 3.63) is 0 Å². The summed E-state index contributed by atoms with van der Waals surface area (Å²) < 4.78 is 4.92. The molecule has 1 heterocycles. The molecule has 6 nitrogen and oxygen atoms in total. The molecule has 0 radical (unpaired) electrons. The molecule has 0 spiro atoms. The number of carbonyl (C=O) groups excluding carboxylic acids is 1. The van der Waals surface area contributed by atoms with E-state index in [1.54, 1.807) is 0 Å². The van der Waals surface area contributed by atoms with E-state index in [4.69, 9.17) is 4.74 Å². The van der Waals surface area contributed by atoms with E-state index < -0.39 is 0 Å². The second kappa shape index (κ2) is 13.0. The van der Waals surface area contributed by atoms with Crippen molar-refractivity contribution >= 4 is 11.9 Å². The number of nitrogens with one attached hydrogen (secondary N) is 2. The molecule has 24 heavy (non-hydrogen) atoms. The van der Waals surface area contributed by atoms with Gasteiger partial charge in [-0.25, -0.2) is 0 Å². The Balaban J connectivity index is 2.03. The zero-order valence-corrected chi connectivity index (χ0v) is 15.8. The number of hydrogen-bond acceptors (Lipinski definition) is 4. The number of rotatable bonds is 11. The molecule has 1 aliphatic rings. The summed E-state index contributed by atoms with van der Waals surface area (Å²) >= 11 is 0. The normalized spacial score (nSPS) is 18.6. The highest BCUT2D eigenvalue weighted by molar-refractivity contribution is 5.79. The molecule has 0 bridgehead atoms. The van der Waals surface area contributed by atoms with Crippen LogP contribution in [0.1, 0.15) is 58.8 Å². The minimum atomic E-state index is -0.0757. The van der Waals surface area contributed by atoms with Crippen molar-refractivity contribution in [2.24, 2.45) is 4.99 Å². The van der Waals surface area contributed by atoms with E-state index in [9.17, 15) is 4.79 Å². The Bertz CT molecular complexity index is 374. The lowest BCUT2D eigenvalue weighted by atomic mass is 10.1. The second-order valence-electron chi connectivity index (χ2n) is 6.27. The number of likely N-dealkylation sites (N-methyl/N-ethyl adjacent to an activating group) is 1. The van der Waals surface area contributed by atoms with Gasteiger partial charge in [0.15, 0.2) is 5.96 Å². The van der Waals surface area contributed by atoms with Crippen molar-refractivity contribution in [3.8, 4) is 0 Å². The highest BCUT2D eigenvalue weighted by Gasteiger charge is 2.22. The SMILES string of the molecule is CCOC(=O)CCCCCCNC(=NC)NCC1CCCN1CC. The van der Waals surface area contributed by atoms with E-state index in [0.29, 0.717) is 19.1 Å². The molecule has 0 aromatic heterocycles. The molecule has 6 heteroatoms. The van der Waals surface area contributed by atoms with Crippen molar-refractivity contribution in [2.75, 3.05) is 39.8 Å². The summed E-state index contributed by atoms with van der Waals surface area (Å²) in [6.45, 7) is 8.79. The monoisotopic (exact) mass is 340 g/mol. The predicted octanol–water partition coefficient (Wildman–Crippen LogP) is 2.15. The Labute approximate surface area is 147 Å². The standard InChI is InChI=1S/C18H36N4O2/c1-4-22-14-10-11-16(22)15-21-18(19-3)20-13-9-7-6-8-12-17(23)24-5-2/h16H,4-15H2,1-3H3,(H2,19,20,21). The van der Waals surface area contributed by atoms with Crippen molar-refractivity contribution in [2.45, 2.75) is 64.8 Å². The van der Waals surface area contributed by atoms with Gasteiger partial charge in [-0.3, -0.25) is 14.7 Å². The van der Waals surface area contributed by atoms with Crippen LogP contribution in [-0.2, 0) is 9.53 Å². The molecular weight excluding hydrogens is 304 g/mol. The summed E-state index contributed by atoms with van der Waals surface area (Å²) in [5.74, 6) is 0.817. The molecule has 140 valence electrons. The van der Waals surface area contributed by atoms with E-state index in [-0.39, 0.29) is 5.97 Å². The van der Waals surface area contributed by atoms with Crippen LogP contribution < -0.4 is 10.6 Å². The zero-order valence-electron chi connectivity index (χ0n) is 15.8. The first-order valence-corrected chi connectivity index (χ1v) is 9.55. The van der Waals surface area contributed by atoms with Gasteiger partial charge in [-0.05, 0) is 45.7 Å². The van der Waals surface area contributed by atoms with Crippen LogP contribution in [0.25, 0.3) is 0 Å². The van der Waals surface area contributed by atoms with Gasteiger partial charge in [-0.2, -0.15) is 0 Å². The predicted molar refractivity (Wildman–Crippen MR) is 99.4 cm³/mol. The Hall–Kier alpha value is -1.30. The molecule has 0 aromatic carbocycles. The number of aliphatic imine (C=N–C) groups is 1. The molecule has 1 rings (SSSR count). The van der Waals surface area contributed by atoms with E-state index in [1.807, 2.05) is 14.0 Å². The van der Waals surface area contributed by atoms with Gasteiger partial charge in [0.25, 0.3) is 0 Å². The Morgan fingerprint density at radius 2 is 2.00 bits per heavy atom. The third kappa shape index (κ3) is 8.52. The minimum absolute atomic E-state index is 0.0757. The van der Waals surface area contributed by atoms with E-state index >= 15 is 0 Å². The topological polar surface area (TPSA) is 66.0 Å². The largest absolute Gasteiger partial charge is 0.466 e. The second-order valence-corrected chi connectivity index (χ2v) is 6.27. The maximum absolute atomic E-state index is 11.2. The highest BCUT2D eigenvalue weighted by atomic mass is 16.5. The molecule has 1 saturated heterocycles. The van der Waals surface area contributed by atoms with Crippen LogP contribution in [0.2, 0.25) is 0 Å².